The zero-order chi connectivity index (χ0) is 21.5. The summed E-state index contributed by atoms with van der Waals surface area (Å²) in [5.41, 5.74) is 0.845. The van der Waals surface area contributed by atoms with Crippen LogP contribution in [0.15, 0.2) is 58.2 Å². The Hall–Kier alpha value is -2.52. The number of carbonyl (C=O) groups is 1. The third-order valence-corrected chi connectivity index (χ3v) is 5.65. The molecule has 0 N–H and O–H groups in total. The van der Waals surface area contributed by atoms with Crippen LogP contribution in [-0.2, 0) is 16.1 Å². The van der Waals surface area contributed by atoms with Gasteiger partial charge in [0, 0.05) is 10.2 Å². The Morgan fingerprint density at radius 3 is 2.33 bits per heavy atom. The van der Waals surface area contributed by atoms with Gasteiger partial charge in [-0.05, 0) is 62.4 Å². The lowest BCUT2D eigenvalue weighted by atomic mass is 10.3. The van der Waals surface area contributed by atoms with Gasteiger partial charge in [0.1, 0.15) is 23.4 Å². The molecule has 9 heteroatoms. The molecule has 2 aromatic carbocycles. The molecule has 3 aromatic rings. The number of thioether (sulfide) groups is 1. The third kappa shape index (κ3) is 5.54. The first-order valence-electron chi connectivity index (χ1n) is 9.32. The molecule has 1 aromatic heterocycles. The molecular weight excluding hydrogens is 470 g/mol. The Morgan fingerprint density at radius 1 is 1.07 bits per heavy atom. The van der Waals surface area contributed by atoms with Crippen LogP contribution in [0.2, 0.25) is 0 Å². The van der Waals surface area contributed by atoms with E-state index in [1.807, 2.05) is 60.0 Å². The molecule has 0 saturated carbocycles. The van der Waals surface area contributed by atoms with E-state index in [0.717, 1.165) is 21.7 Å². The highest BCUT2D eigenvalue weighted by molar-refractivity contribution is 9.10. The van der Waals surface area contributed by atoms with E-state index in [1.165, 1.54) is 18.9 Å². The number of methoxy groups -OCH3 is 1. The number of nitrogens with zero attached hydrogens (tertiary/aromatic N) is 3. The van der Waals surface area contributed by atoms with Gasteiger partial charge in [0.15, 0.2) is 11.0 Å². The molecule has 1 unspecified atom stereocenters. The Balaban J connectivity index is 1.89. The minimum atomic E-state index is -0.430. The van der Waals surface area contributed by atoms with Gasteiger partial charge < -0.3 is 14.2 Å². The smallest absolute Gasteiger partial charge is 0.318 e. The quantitative estimate of drug-likeness (QED) is 0.318. The van der Waals surface area contributed by atoms with Crippen molar-refractivity contribution in [1.82, 2.24) is 14.8 Å². The Kier molecular flexibility index (Phi) is 7.75. The van der Waals surface area contributed by atoms with Crippen LogP contribution in [0.5, 0.6) is 11.5 Å². The van der Waals surface area contributed by atoms with Crippen molar-refractivity contribution in [1.29, 1.82) is 0 Å². The van der Waals surface area contributed by atoms with Gasteiger partial charge in [-0.1, -0.05) is 27.7 Å². The summed E-state index contributed by atoms with van der Waals surface area (Å²) in [5, 5.41) is 8.73. The number of esters is 1. The maximum atomic E-state index is 11.9. The van der Waals surface area contributed by atoms with E-state index in [-0.39, 0.29) is 12.6 Å². The number of hydrogen-bond acceptors (Lipinski definition) is 7. The van der Waals surface area contributed by atoms with E-state index < -0.39 is 5.25 Å². The summed E-state index contributed by atoms with van der Waals surface area (Å²) in [6, 6.07) is 15.2. The van der Waals surface area contributed by atoms with Crippen molar-refractivity contribution in [2.45, 2.75) is 30.9 Å². The first-order chi connectivity index (χ1) is 14.5. The molecule has 3 rings (SSSR count). The van der Waals surface area contributed by atoms with Gasteiger partial charge in [-0.3, -0.25) is 9.36 Å². The monoisotopic (exact) mass is 491 g/mol. The van der Waals surface area contributed by atoms with Crippen molar-refractivity contribution >= 4 is 33.7 Å². The van der Waals surface area contributed by atoms with Crippen molar-refractivity contribution in [2.24, 2.45) is 0 Å². The Bertz CT molecular complexity index is 977. The van der Waals surface area contributed by atoms with Gasteiger partial charge in [-0.15, -0.1) is 10.2 Å². The molecule has 0 aliphatic heterocycles. The van der Waals surface area contributed by atoms with Crippen molar-refractivity contribution in [3.63, 3.8) is 0 Å². The fraction of sp³-hybridized carbons (Fsp3) is 0.286. The first kappa shape index (κ1) is 22.2. The highest BCUT2D eigenvalue weighted by Crippen LogP contribution is 2.28. The molecule has 1 heterocycles. The Morgan fingerprint density at radius 2 is 1.70 bits per heavy atom. The maximum absolute atomic E-state index is 11.9. The summed E-state index contributed by atoms with van der Waals surface area (Å²) in [7, 11) is 1.37. The van der Waals surface area contributed by atoms with E-state index in [9.17, 15) is 4.79 Å². The van der Waals surface area contributed by atoms with Crippen molar-refractivity contribution in [3.8, 4) is 17.2 Å². The first-order valence-corrected chi connectivity index (χ1v) is 11.0. The van der Waals surface area contributed by atoms with E-state index in [1.54, 1.807) is 6.92 Å². The predicted octanol–water partition coefficient (Wildman–Crippen LogP) is 4.66. The molecule has 0 radical (unpaired) electrons. The molecule has 0 saturated heterocycles. The number of aromatic nitrogens is 3. The van der Waals surface area contributed by atoms with Gasteiger partial charge >= 0.3 is 5.97 Å². The van der Waals surface area contributed by atoms with Crippen molar-refractivity contribution < 1.29 is 19.0 Å². The van der Waals surface area contributed by atoms with E-state index >= 15 is 0 Å². The van der Waals surface area contributed by atoms with E-state index in [4.69, 9.17) is 14.2 Å². The van der Waals surface area contributed by atoms with Gasteiger partial charge in [0.05, 0.1) is 13.7 Å². The zero-order valence-electron chi connectivity index (χ0n) is 16.9. The summed E-state index contributed by atoms with van der Waals surface area (Å²) in [6.07, 6.45) is 0. The molecule has 1 atom stereocenters. The van der Waals surface area contributed by atoms with E-state index in [0.29, 0.717) is 17.6 Å². The van der Waals surface area contributed by atoms with Gasteiger partial charge in [0.25, 0.3) is 0 Å². The van der Waals surface area contributed by atoms with Crippen LogP contribution >= 0.6 is 27.7 Å². The second-order valence-electron chi connectivity index (χ2n) is 6.19. The standard InChI is InChI=1S/C21H22BrN3O4S/c1-4-28-17-11-7-16(8-12-17)25-19(13-29-18-9-5-15(22)6-10-18)23-24-21(25)30-14(2)20(26)27-3/h5-12,14H,4,13H2,1-3H3. The molecule has 158 valence electrons. The van der Waals surface area contributed by atoms with Crippen LogP contribution in [0.25, 0.3) is 5.69 Å². The van der Waals surface area contributed by atoms with Crippen LogP contribution in [-0.4, -0.2) is 39.7 Å². The lowest BCUT2D eigenvalue weighted by molar-refractivity contribution is -0.139. The molecule has 7 nitrogen and oxygen atoms in total. The van der Waals surface area contributed by atoms with Crippen molar-refractivity contribution in [3.05, 3.63) is 58.8 Å². The highest BCUT2D eigenvalue weighted by atomic mass is 79.9. The topological polar surface area (TPSA) is 75.5 Å². The number of ether oxygens (including phenoxy) is 3. The fourth-order valence-corrected chi connectivity index (χ4v) is 3.82. The van der Waals surface area contributed by atoms with Gasteiger partial charge in [0.2, 0.25) is 0 Å². The molecular formula is C21H22BrN3O4S. The summed E-state index contributed by atoms with van der Waals surface area (Å²) in [4.78, 5) is 11.9. The van der Waals surface area contributed by atoms with E-state index in [2.05, 4.69) is 26.1 Å². The number of hydrogen-bond donors (Lipinski definition) is 0. The number of benzene rings is 2. The van der Waals surface area contributed by atoms with Crippen LogP contribution in [0, 0.1) is 0 Å². The second-order valence-corrected chi connectivity index (χ2v) is 8.41. The van der Waals surface area contributed by atoms with Crippen LogP contribution in [0.3, 0.4) is 0 Å². The summed E-state index contributed by atoms with van der Waals surface area (Å²) in [5.74, 6) is 1.78. The molecule has 0 aliphatic rings. The minimum absolute atomic E-state index is 0.217. The van der Waals surface area contributed by atoms with Crippen molar-refractivity contribution in [2.75, 3.05) is 13.7 Å². The predicted molar refractivity (Wildman–Crippen MR) is 118 cm³/mol. The lowest BCUT2D eigenvalue weighted by Gasteiger charge is -2.13. The molecule has 0 bridgehead atoms. The number of carbonyl (C=O) groups excluding carboxylic acids is 1. The largest absolute Gasteiger partial charge is 0.494 e. The normalized spacial score (nSPS) is 11.7. The molecule has 0 fully saturated rings. The summed E-state index contributed by atoms with van der Waals surface area (Å²) in [6.45, 7) is 4.52. The average molecular weight is 492 g/mol. The van der Waals surface area contributed by atoms with Gasteiger partial charge in [-0.2, -0.15) is 0 Å². The average Bonchev–Trinajstić information content (AvgIpc) is 3.15. The van der Waals surface area contributed by atoms with Gasteiger partial charge in [-0.25, -0.2) is 0 Å². The molecule has 0 aliphatic carbocycles. The second kappa shape index (κ2) is 10.5. The highest BCUT2D eigenvalue weighted by Gasteiger charge is 2.22. The molecule has 0 amide bonds. The fourth-order valence-electron chi connectivity index (χ4n) is 2.64. The SMILES string of the molecule is CCOc1ccc(-n2c(COc3ccc(Br)cc3)nnc2SC(C)C(=O)OC)cc1. The summed E-state index contributed by atoms with van der Waals surface area (Å²) >= 11 is 4.69. The molecule has 30 heavy (non-hydrogen) atoms. The Labute approximate surface area is 187 Å². The summed E-state index contributed by atoms with van der Waals surface area (Å²) < 4.78 is 19.1. The minimum Gasteiger partial charge on any atom is -0.494 e. The number of halogens is 1. The zero-order valence-corrected chi connectivity index (χ0v) is 19.3. The van der Waals surface area contributed by atoms with Crippen LogP contribution < -0.4 is 9.47 Å². The lowest BCUT2D eigenvalue weighted by Crippen LogP contribution is -2.16. The third-order valence-electron chi connectivity index (χ3n) is 4.10. The molecule has 0 spiro atoms. The van der Waals surface area contributed by atoms with Crippen LogP contribution in [0.1, 0.15) is 19.7 Å². The van der Waals surface area contributed by atoms with Crippen LogP contribution in [0.4, 0.5) is 0 Å². The number of rotatable bonds is 9. The maximum Gasteiger partial charge on any atom is 0.318 e.